The van der Waals surface area contributed by atoms with Crippen molar-refractivity contribution in [3.8, 4) is 5.75 Å². The number of thioether (sulfide) groups is 1. The molecule has 150 valence electrons. The summed E-state index contributed by atoms with van der Waals surface area (Å²) in [5, 5.41) is 13.1. The van der Waals surface area contributed by atoms with Crippen molar-refractivity contribution in [2.45, 2.75) is 18.6 Å². The molecule has 2 aromatic rings. The topological polar surface area (TPSA) is 92.1 Å². The Morgan fingerprint density at radius 3 is 2.76 bits per heavy atom. The number of methoxy groups -OCH3 is 1. The number of nitrogens with one attached hydrogen (secondary N) is 2. The molecular weight excluding hydrogens is 395 g/mol. The summed E-state index contributed by atoms with van der Waals surface area (Å²) >= 11 is 1.12. The molecule has 2 N–H and O–H groups in total. The molecule has 2 aromatic carbocycles. The predicted molar refractivity (Wildman–Crippen MR) is 112 cm³/mol. The zero-order valence-corrected chi connectivity index (χ0v) is 16.6. The summed E-state index contributed by atoms with van der Waals surface area (Å²) in [5.41, 5.74) is 1.83. The minimum Gasteiger partial charge on any atom is -0.497 e. The van der Waals surface area contributed by atoms with E-state index in [2.05, 4.69) is 20.8 Å². The number of carbonyl (C=O) groups excluding carboxylic acids is 2. The van der Waals surface area contributed by atoms with Gasteiger partial charge in [-0.3, -0.25) is 9.59 Å². The van der Waals surface area contributed by atoms with Crippen molar-refractivity contribution in [1.82, 2.24) is 5.32 Å². The van der Waals surface area contributed by atoms with Crippen molar-refractivity contribution in [3.05, 3.63) is 59.9 Å². The second-order valence-electron chi connectivity index (χ2n) is 6.18. The van der Waals surface area contributed by atoms with E-state index in [0.717, 1.165) is 11.8 Å². The summed E-state index contributed by atoms with van der Waals surface area (Å²) in [5.74, 6) is -0.356. The molecule has 0 radical (unpaired) electrons. The van der Waals surface area contributed by atoms with Crippen LogP contribution in [0.5, 0.6) is 5.75 Å². The molecule has 1 aliphatic heterocycles. The number of benzene rings is 2. The third-order valence-electron chi connectivity index (χ3n) is 4.05. The molecule has 3 rings (SSSR count). The minimum atomic E-state index is -0.643. The van der Waals surface area contributed by atoms with Gasteiger partial charge in [0, 0.05) is 18.2 Å². The fourth-order valence-corrected chi connectivity index (χ4v) is 3.46. The van der Waals surface area contributed by atoms with Gasteiger partial charge in [-0.2, -0.15) is 5.10 Å². The van der Waals surface area contributed by atoms with Gasteiger partial charge < -0.3 is 15.4 Å². The molecule has 7 nitrogen and oxygen atoms in total. The lowest BCUT2D eigenvalue weighted by Gasteiger charge is -2.21. The molecule has 1 saturated heterocycles. The molecule has 1 aliphatic rings. The van der Waals surface area contributed by atoms with Gasteiger partial charge in [0.15, 0.2) is 5.17 Å². The van der Waals surface area contributed by atoms with Gasteiger partial charge in [-0.05, 0) is 36.8 Å². The third-order valence-corrected chi connectivity index (χ3v) is 5.13. The van der Waals surface area contributed by atoms with Gasteiger partial charge in [0.2, 0.25) is 11.8 Å². The molecule has 0 spiro atoms. The van der Waals surface area contributed by atoms with E-state index in [0.29, 0.717) is 22.7 Å². The summed E-state index contributed by atoms with van der Waals surface area (Å²) in [4.78, 5) is 24.6. The number of amides is 2. The predicted octanol–water partition coefficient (Wildman–Crippen LogP) is 3.17. The van der Waals surface area contributed by atoms with Gasteiger partial charge in [0.1, 0.15) is 16.8 Å². The van der Waals surface area contributed by atoms with Crippen LogP contribution >= 0.6 is 11.8 Å². The standard InChI is InChI=1S/C20H19FN4O3S/c1-12(13-6-8-14(21)9-7-13)24-25-20-23-18(26)11-17(29-20)19(27)22-15-4-3-5-16(10-15)28-2/h3-10,17H,11H2,1-2H3,(H,22,27)(H,23,25,26). The van der Waals surface area contributed by atoms with E-state index in [1.54, 1.807) is 50.4 Å². The quantitative estimate of drug-likeness (QED) is 0.581. The van der Waals surface area contributed by atoms with Crippen molar-refractivity contribution in [3.63, 3.8) is 0 Å². The van der Waals surface area contributed by atoms with Crippen molar-refractivity contribution in [1.29, 1.82) is 0 Å². The van der Waals surface area contributed by atoms with Crippen LogP contribution in [0.4, 0.5) is 10.1 Å². The van der Waals surface area contributed by atoms with Gasteiger partial charge in [-0.1, -0.05) is 30.0 Å². The number of anilines is 1. The molecule has 29 heavy (non-hydrogen) atoms. The number of amidine groups is 1. The monoisotopic (exact) mass is 414 g/mol. The Bertz CT molecular complexity index is 976. The van der Waals surface area contributed by atoms with Crippen LogP contribution in [0.15, 0.2) is 58.7 Å². The number of rotatable bonds is 5. The average molecular weight is 414 g/mol. The number of hydrogen-bond acceptors (Lipinski definition) is 6. The van der Waals surface area contributed by atoms with Crippen LogP contribution in [0.1, 0.15) is 18.9 Å². The maximum Gasteiger partial charge on any atom is 0.238 e. The molecule has 0 saturated carbocycles. The highest BCUT2D eigenvalue weighted by Gasteiger charge is 2.30. The van der Waals surface area contributed by atoms with Gasteiger partial charge in [0.25, 0.3) is 0 Å². The number of ether oxygens (including phenoxy) is 1. The van der Waals surface area contributed by atoms with E-state index in [4.69, 9.17) is 4.74 Å². The van der Waals surface area contributed by atoms with Gasteiger partial charge in [-0.25, -0.2) is 4.39 Å². The van der Waals surface area contributed by atoms with Crippen LogP contribution in [0.3, 0.4) is 0 Å². The van der Waals surface area contributed by atoms with E-state index >= 15 is 0 Å². The van der Waals surface area contributed by atoms with Crippen molar-refractivity contribution >= 4 is 40.1 Å². The molecule has 1 fully saturated rings. The summed E-state index contributed by atoms with van der Waals surface area (Å²) in [7, 11) is 1.54. The van der Waals surface area contributed by atoms with Crippen LogP contribution in [-0.2, 0) is 9.59 Å². The van der Waals surface area contributed by atoms with Crippen LogP contribution < -0.4 is 15.4 Å². The Kier molecular flexibility index (Phi) is 6.61. The first-order valence-corrected chi connectivity index (χ1v) is 9.62. The average Bonchev–Trinajstić information content (AvgIpc) is 2.72. The minimum absolute atomic E-state index is 0.0279. The molecule has 9 heteroatoms. The lowest BCUT2D eigenvalue weighted by atomic mass is 10.1. The molecule has 0 bridgehead atoms. The molecule has 0 aliphatic carbocycles. The summed E-state index contributed by atoms with van der Waals surface area (Å²) in [6.45, 7) is 1.72. The highest BCUT2D eigenvalue weighted by Crippen LogP contribution is 2.24. The van der Waals surface area contributed by atoms with Crippen LogP contribution in [0.25, 0.3) is 0 Å². The lowest BCUT2D eigenvalue weighted by molar-refractivity contribution is -0.123. The Morgan fingerprint density at radius 2 is 2.03 bits per heavy atom. The summed E-state index contributed by atoms with van der Waals surface area (Å²) in [6, 6.07) is 12.8. The zero-order chi connectivity index (χ0) is 20.8. The first-order valence-electron chi connectivity index (χ1n) is 8.74. The molecule has 0 aromatic heterocycles. The van der Waals surface area contributed by atoms with Crippen LogP contribution in [0.2, 0.25) is 0 Å². The van der Waals surface area contributed by atoms with E-state index in [9.17, 15) is 14.0 Å². The second-order valence-corrected chi connectivity index (χ2v) is 7.37. The Balaban J connectivity index is 1.69. The summed E-state index contributed by atoms with van der Waals surface area (Å²) in [6.07, 6.45) is 0.0279. The number of nitrogens with zero attached hydrogens (tertiary/aromatic N) is 2. The van der Waals surface area contributed by atoms with E-state index in [1.807, 2.05) is 0 Å². The maximum absolute atomic E-state index is 13.0. The maximum atomic E-state index is 13.0. The lowest BCUT2D eigenvalue weighted by Crippen LogP contribution is -2.41. The van der Waals surface area contributed by atoms with Gasteiger partial charge >= 0.3 is 0 Å². The second kappa shape index (κ2) is 9.33. The number of carbonyl (C=O) groups is 2. The SMILES string of the molecule is COc1cccc(NC(=O)C2CC(=O)N/C(=N\N=C(C)c3ccc(F)cc3)S2)c1. The number of hydrogen-bond donors (Lipinski definition) is 2. The Hall–Kier alpha value is -3.20. The first kappa shape index (κ1) is 20.5. The van der Waals surface area contributed by atoms with E-state index in [1.165, 1.54) is 12.1 Å². The van der Waals surface area contributed by atoms with Crippen LogP contribution in [0, 0.1) is 5.82 Å². The molecule has 1 atom stereocenters. The van der Waals surface area contributed by atoms with Crippen LogP contribution in [-0.4, -0.2) is 35.1 Å². The van der Waals surface area contributed by atoms with Crippen molar-refractivity contribution in [2.24, 2.45) is 10.2 Å². The van der Waals surface area contributed by atoms with Gasteiger partial charge in [-0.15, -0.1) is 5.10 Å². The van der Waals surface area contributed by atoms with E-state index < -0.39 is 5.25 Å². The molecular formula is C20H19FN4O3S. The van der Waals surface area contributed by atoms with Crippen molar-refractivity contribution < 1.29 is 18.7 Å². The fraction of sp³-hybridized carbons (Fsp3) is 0.200. The summed E-state index contributed by atoms with van der Waals surface area (Å²) < 4.78 is 18.2. The molecule has 1 heterocycles. The van der Waals surface area contributed by atoms with Crippen molar-refractivity contribution in [2.75, 3.05) is 12.4 Å². The van der Waals surface area contributed by atoms with Gasteiger partial charge in [0.05, 0.1) is 12.8 Å². The fourth-order valence-electron chi connectivity index (χ4n) is 2.53. The molecule has 1 unspecified atom stereocenters. The highest BCUT2D eigenvalue weighted by atomic mass is 32.2. The highest BCUT2D eigenvalue weighted by molar-refractivity contribution is 8.15. The smallest absolute Gasteiger partial charge is 0.238 e. The number of halogens is 1. The third kappa shape index (κ3) is 5.64. The van der Waals surface area contributed by atoms with E-state index in [-0.39, 0.29) is 29.2 Å². The normalized spacial score (nSPS) is 18.3. The first-order chi connectivity index (χ1) is 13.9. The molecule has 2 amide bonds. The zero-order valence-electron chi connectivity index (χ0n) is 15.8. The Morgan fingerprint density at radius 1 is 1.28 bits per heavy atom. The Labute approximate surface area is 171 Å². The largest absolute Gasteiger partial charge is 0.497 e.